The summed E-state index contributed by atoms with van der Waals surface area (Å²) in [5.74, 6) is -0.426. The minimum Gasteiger partial charge on any atom is -0.321 e. The van der Waals surface area contributed by atoms with E-state index in [1.165, 1.54) is 6.07 Å². The quantitative estimate of drug-likeness (QED) is 0.798. The molecule has 2 aromatic rings. The fraction of sp³-hybridized carbons (Fsp3) is 0.235. The Morgan fingerprint density at radius 2 is 1.67 bits per heavy atom. The highest BCUT2D eigenvalue weighted by atomic mass is 35.5. The summed E-state index contributed by atoms with van der Waals surface area (Å²) < 4.78 is 31.4. The Morgan fingerprint density at radius 1 is 1.08 bits per heavy atom. The monoisotopic (exact) mass is 367 g/mol. The number of amides is 1. The van der Waals surface area contributed by atoms with Crippen LogP contribution in [0, 0.1) is 0 Å². The Kier molecular flexibility index (Phi) is 5.03. The molecule has 0 unspecified atom stereocenters. The lowest BCUT2D eigenvalue weighted by atomic mass is 9.87. The molecule has 0 fully saturated rings. The molecule has 0 spiro atoms. The maximum Gasteiger partial charge on any atom is 0.294 e. The molecule has 0 aliphatic carbocycles. The van der Waals surface area contributed by atoms with Gasteiger partial charge in [-0.05, 0) is 41.3 Å². The van der Waals surface area contributed by atoms with Gasteiger partial charge in [0.15, 0.2) is 0 Å². The molecule has 2 N–H and O–H groups in total. The number of nitrogens with one attached hydrogen (secondary N) is 1. The van der Waals surface area contributed by atoms with E-state index in [0.717, 1.165) is 17.7 Å². The summed E-state index contributed by atoms with van der Waals surface area (Å²) in [6, 6.07) is 10.7. The van der Waals surface area contributed by atoms with Crippen molar-refractivity contribution in [2.45, 2.75) is 31.1 Å². The van der Waals surface area contributed by atoms with Gasteiger partial charge in [0.05, 0.1) is 15.6 Å². The summed E-state index contributed by atoms with van der Waals surface area (Å²) in [6.45, 7) is 6.22. The van der Waals surface area contributed by atoms with Crippen LogP contribution in [-0.4, -0.2) is 18.9 Å². The number of carbonyl (C=O) groups is 1. The van der Waals surface area contributed by atoms with Crippen LogP contribution < -0.4 is 5.32 Å². The molecule has 0 bridgehead atoms. The largest absolute Gasteiger partial charge is 0.321 e. The van der Waals surface area contributed by atoms with Crippen LogP contribution in [0.25, 0.3) is 0 Å². The van der Waals surface area contributed by atoms with Crippen molar-refractivity contribution in [2.75, 3.05) is 5.32 Å². The average Bonchev–Trinajstić information content (AvgIpc) is 2.47. The Labute approximate surface area is 146 Å². The third-order valence-corrected chi connectivity index (χ3v) is 4.68. The molecule has 0 radical (unpaired) electrons. The number of carbonyl (C=O) groups excluding carboxylic acids is 1. The lowest BCUT2D eigenvalue weighted by Gasteiger charge is -2.19. The van der Waals surface area contributed by atoms with E-state index in [-0.39, 0.29) is 21.0 Å². The van der Waals surface area contributed by atoms with E-state index in [1.807, 2.05) is 12.1 Å². The molecule has 0 saturated carbocycles. The predicted molar refractivity (Wildman–Crippen MR) is 94.4 cm³/mol. The normalized spacial score (nSPS) is 12.0. The third kappa shape index (κ3) is 4.35. The van der Waals surface area contributed by atoms with E-state index in [0.29, 0.717) is 5.56 Å². The molecule has 2 aromatic carbocycles. The minimum atomic E-state index is -4.37. The van der Waals surface area contributed by atoms with Gasteiger partial charge in [-0.2, -0.15) is 8.42 Å². The first-order valence-corrected chi connectivity index (χ1v) is 8.99. The van der Waals surface area contributed by atoms with Crippen molar-refractivity contribution in [3.05, 3.63) is 58.6 Å². The second-order valence-corrected chi connectivity index (χ2v) is 8.23. The van der Waals surface area contributed by atoms with Crippen molar-refractivity contribution >= 4 is 33.3 Å². The third-order valence-electron chi connectivity index (χ3n) is 3.50. The maximum atomic E-state index is 12.3. The first kappa shape index (κ1) is 18.4. The topological polar surface area (TPSA) is 83.5 Å². The van der Waals surface area contributed by atoms with Crippen LogP contribution in [0.2, 0.25) is 5.02 Å². The van der Waals surface area contributed by atoms with Crippen molar-refractivity contribution in [3.63, 3.8) is 0 Å². The van der Waals surface area contributed by atoms with E-state index in [1.54, 1.807) is 12.1 Å². The van der Waals surface area contributed by atoms with Crippen LogP contribution >= 0.6 is 11.6 Å². The van der Waals surface area contributed by atoms with Gasteiger partial charge in [0, 0.05) is 5.56 Å². The Morgan fingerprint density at radius 3 is 2.17 bits per heavy atom. The number of halogens is 1. The fourth-order valence-corrected chi connectivity index (χ4v) is 2.75. The van der Waals surface area contributed by atoms with Crippen LogP contribution in [0.15, 0.2) is 47.4 Å². The molecule has 7 heteroatoms. The number of benzene rings is 2. The highest BCUT2D eigenvalue weighted by molar-refractivity contribution is 7.85. The smallest absolute Gasteiger partial charge is 0.294 e. The lowest BCUT2D eigenvalue weighted by Crippen LogP contribution is -2.15. The van der Waals surface area contributed by atoms with Gasteiger partial charge in [-0.3, -0.25) is 9.35 Å². The lowest BCUT2D eigenvalue weighted by molar-refractivity contribution is 0.102. The zero-order valence-corrected chi connectivity index (χ0v) is 15.1. The van der Waals surface area contributed by atoms with E-state index in [4.69, 9.17) is 16.2 Å². The van der Waals surface area contributed by atoms with Crippen molar-refractivity contribution in [1.82, 2.24) is 0 Å². The molecular formula is C17H18ClNO4S. The Bertz CT molecular complexity index is 868. The van der Waals surface area contributed by atoms with Gasteiger partial charge in [0.25, 0.3) is 16.0 Å². The molecule has 5 nitrogen and oxygen atoms in total. The molecule has 0 aliphatic heterocycles. The standard InChI is InChI=1S/C17H18ClNO4S/c1-17(2,3)12-6-4-11(5-7-12)16(20)19-15-10-13(24(21,22)23)8-9-14(15)18/h4-10H,1-3H3,(H,19,20)(H,21,22,23). The number of rotatable bonds is 3. The summed E-state index contributed by atoms with van der Waals surface area (Å²) in [6.07, 6.45) is 0. The zero-order chi connectivity index (χ0) is 18.1. The average molecular weight is 368 g/mol. The minimum absolute atomic E-state index is 0.0257. The van der Waals surface area contributed by atoms with Gasteiger partial charge in [0.2, 0.25) is 0 Å². The van der Waals surface area contributed by atoms with E-state index in [2.05, 4.69) is 26.1 Å². The zero-order valence-electron chi connectivity index (χ0n) is 13.5. The summed E-state index contributed by atoms with van der Waals surface area (Å²) in [5.41, 5.74) is 1.58. The number of hydrogen-bond acceptors (Lipinski definition) is 3. The van der Waals surface area contributed by atoms with Crippen molar-refractivity contribution in [3.8, 4) is 0 Å². The van der Waals surface area contributed by atoms with Gasteiger partial charge in [0.1, 0.15) is 0 Å². The van der Waals surface area contributed by atoms with Gasteiger partial charge in [-0.1, -0.05) is 44.5 Å². The maximum absolute atomic E-state index is 12.3. The fourth-order valence-electron chi connectivity index (χ4n) is 2.08. The molecule has 0 aromatic heterocycles. The van der Waals surface area contributed by atoms with Crippen LogP contribution in [0.5, 0.6) is 0 Å². The number of hydrogen-bond donors (Lipinski definition) is 2. The molecular weight excluding hydrogens is 350 g/mol. The van der Waals surface area contributed by atoms with E-state index >= 15 is 0 Å². The Balaban J connectivity index is 2.27. The second kappa shape index (κ2) is 6.55. The van der Waals surface area contributed by atoms with Gasteiger partial charge in [-0.15, -0.1) is 0 Å². The summed E-state index contributed by atoms with van der Waals surface area (Å²) in [4.78, 5) is 12.0. The number of anilines is 1. The predicted octanol–water partition coefficient (Wildman–Crippen LogP) is 4.14. The molecule has 2 rings (SSSR count). The second-order valence-electron chi connectivity index (χ2n) is 6.40. The molecule has 0 atom stereocenters. The van der Waals surface area contributed by atoms with Crippen molar-refractivity contribution in [2.24, 2.45) is 0 Å². The van der Waals surface area contributed by atoms with E-state index in [9.17, 15) is 13.2 Å². The van der Waals surface area contributed by atoms with Crippen LogP contribution in [0.4, 0.5) is 5.69 Å². The summed E-state index contributed by atoms with van der Waals surface area (Å²) >= 11 is 5.97. The van der Waals surface area contributed by atoms with Gasteiger partial charge < -0.3 is 5.32 Å². The molecule has 0 saturated heterocycles. The van der Waals surface area contributed by atoms with Crippen LogP contribution in [0.3, 0.4) is 0 Å². The van der Waals surface area contributed by atoms with Crippen LogP contribution in [-0.2, 0) is 15.5 Å². The molecule has 0 aliphatic rings. The highest BCUT2D eigenvalue weighted by Gasteiger charge is 2.16. The summed E-state index contributed by atoms with van der Waals surface area (Å²) in [5, 5.41) is 2.72. The van der Waals surface area contributed by atoms with Crippen molar-refractivity contribution in [1.29, 1.82) is 0 Å². The van der Waals surface area contributed by atoms with Gasteiger partial charge >= 0.3 is 0 Å². The summed E-state index contributed by atoms with van der Waals surface area (Å²) in [7, 11) is -4.37. The molecule has 0 heterocycles. The first-order chi connectivity index (χ1) is 11.0. The highest BCUT2D eigenvalue weighted by Crippen LogP contribution is 2.26. The Hall–Kier alpha value is -1.89. The van der Waals surface area contributed by atoms with Crippen LogP contribution in [0.1, 0.15) is 36.7 Å². The SMILES string of the molecule is CC(C)(C)c1ccc(C(=O)Nc2cc(S(=O)(=O)O)ccc2Cl)cc1. The first-order valence-electron chi connectivity index (χ1n) is 7.17. The molecule has 1 amide bonds. The van der Waals surface area contributed by atoms with E-state index < -0.39 is 16.0 Å². The molecule has 24 heavy (non-hydrogen) atoms. The molecule has 128 valence electrons. The van der Waals surface area contributed by atoms with Crippen molar-refractivity contribution < 1.29 is 17.8 Å². The van der Waals surface area contributed by atoms with Gasteiger partial charge in [-0.25, -0.2) is 0 Å².